The number of anilines is 1. The molecule has 92 valence electrons. The second-order valence-electron chi connectivity index (χ2n) is 4.50. The third kappa shape index (κ3) is 2.27. The molecule has 2 rings (SSSR count). The van der Waals surface area contributed by atoms with Gasteiger partial charge in [-0.15, -0.1) is 0 Å². The monoisotopic (exact) mass is 303 g/mol. The Morgan fingerprint density at radius 1 is 1.33 bits per heavy atom. The van der Waals surface area contributed by atoms with Crippen LogP contribution in [0.4, 0.5) is 5.82 Å². The Hall–Kier alpha value is -1.73. The maximum Gasteiger partial charge on any atom is 0.109 e. The van der Waals surface area contributed by atoms with Crippen molar-refractivity contribution in [1.29, 1.82) is 5.26 Å². The first-order valence-corrected chi connectivity index (χ1v) is 6.50. The highest BCUT2D eigenvalue weighted by Gasteiger charge is 2.09. The minimum absolute atomic E-state index is 0.479. The molecule has 0 amide bonds. The second kappa shape index (κ2) is 4.87. The number of hydrogen-bond acceptors (Lipinski definition) is 2. The van der Waals surface area contributed by atoms with Gasteiger partial charge < -0.3 is 10.3 Å². The molecule has 0 aliphatic rings. The zero-order valence-corrected chi connectivity index (χ0v) is 11.9. The summed E-state index contributed by atoms with van der Waals surface area (Å²) in [6.07, 6.45) is 1.74. The van der Waals surface area contributed by atoms with Gasteiger partial charge >= 0.3 is 0 Å². The molecule has 0 atom stereocenters. The molecule has 0 saturated carbocycles. The number of halogens is 1. The molecule has 1 heterocycles. The molecule has 0 saturated heterocycles. The number of nitrogens with two attached hydrogens (primary N) is 1. The van der Waals surface area contributed by atoms with Crippen LogP contribution in [-0.4, -0.2) is 4.57 Å². The molecule has 0 bridgehead atoms. The Morgan fingerprint density at radius 3 is 2.56 bits per heavy atom. The summed E-state index contributed by atoms with van der Waals surface area (Å²) < 4.78 is 2.78. The van der Waals surface area contributed by atoms with Crippen LogP contribution in [0.15, 0.2) is 34.9 Å². The van der Waals surface area contributed by atoms with Crippen LogP contribution < -0.4 is 5.73 Å². The van der Waals surface area contributed by atoms with E-state index in [0.717, 1.165) is 10.2 Å². The molecule has 0 aliphatic carbocycles. The van der Waals surface area contributed by atoms with E-state index in [2.05, 4.69) is 48.0 Å². The lowest BCUT2D eigenvalue weighted by molar-refractivity contribution is 0.864. The fourth-order valence-electron chi connectivity index (χ4n) is 1.83. The molecule has 0 unspecified atom stereocenters. The average Bonchev–Trinajstić information content (AvgIpc) is 2.70. The van der Waals surface area contributed by atoms with Crippen molar-refractivity contribution in [3.05, 3.63) is 46.1 Å². The Labute approximate surface area is 115 Å². The standard InChI is InChI=1S/C14H14BrN3/c1-9(2)11-3-4-13(12(15)6-11)18-8-10(7-16)5-14(18)17/h3-6,8-9H,17H2,1-2H3. The number of aromatic nitrogens is 1. The first-order valence-electron chi connectivity index (χ1n) is 5.70. The van der Waals surface area contributed by atoms with Gasteiger partial charge in [-0.3, -0.25) is 0 Å². The van der Waals surface area contributed by atoms with Crippen molar-refractivity contribution in [3.8, 4) is 11.8 Å². The molecule has 1 aromatic carbocycles. The van der Waals surface area contributed by atoms with Crippen molar-refractivity contribution in [2.24, 2.45) is 0 Å². The number of benzene rings is 1. The highest BCUT2D eigenvalue weighted by atomic mass is 79.9. The van der Waals surface area contributed by atoms with Crippen molar-refractivity contribution in [2.75, 3.05) is 5.73 Å². The first-order chi connectivity index (χ1) is 8.52. The molecule has 2 aromatic rings. The van der Waals surface area contributed by atoms with Gasteiger partial charge in [0.05, 0.1) is 11.3 Å². The minimum Gasteiger partial charge on any atom is -0.385 e. The quantitative estimate of drug-likeness (QED) is 0.917. The summed E-state index contributed by atoms with van der Waals surface area (Å²) in [5.74, 6) is 1.04. The van der Waals surface area contributed by atoms with E-state index in [0.29, 0.717) is 17.3 Å². The number of rotatable bonds is 2. The van der Waals surface area contributed by atoms with Crippen molar-refractivity contribution in [2.45, 2.75) is 19.8 Å². The fraction of sp³-hybridized carbons (Fsp3) is 0.214. The average molecular weight is 304 g/mol. The van der Waals surface area contributed by atoms with Crippen molar-refractivity contribution in [3.63, 3.8) is 0 Å². The van der Waals surface area contributed by atoms with Crippen LogP contribution >= 0.6 is 15.9 Å². The lowest BCUT2D eigenvalue weighted by Gasteiger charge is -2.12. The highest BCUT2D eigenvalue weighted by Crippen LogP contribution is 2.28. The van der Waals surface area contributed by atoms with Gasteiger partial charge in [0, 0.05) is 10.7 Å². The SMILES string of the molecule is CC(C)c1ccc(-n2cc(C#N)cc2N)c(Br)c1. The van der Waals surface area contributed by atoms with E-state index >= 15 is 0 Å². The lowest BCUT2D eigenvalue weighted by Crippen LogP contribution is -2.00. The van der Waals surface area contributed by atoms with Gasteiger partial charge in [0.1, 0.15) is 11.9 Å². The summed E-state index contributed by atoms with van der Waals surface area (Å²) in [7, 11) is 0. The van der Waals surface area contributed by atoms with Crippen molar-refractivity contribution < 1.29 is 0 Å². The number of hydrogen-bond donors (Lipinski definition) is 1. The van der Waals surface area contributed by atoms with Crippen LogP contribution in [0.2, 0.25) is 0 Å². The predicted octanol–water partition coefficient (Wildman–Crippen LogP) is 3.82. The Balaban J connectivity index is 2.51. The molecule has 2 N–H and O–H groups in total. The molecule has 1 aromatic heterocycles. The van der Waals surface area contributed by atoms with E-state index in [1.165, 1.54) is 5.56 Å². The third-order valence-electron chi connectivity index (χ3n) is 2.88. The lowest BCUT2D eigenvalue weighted by atomic mass is 10.0. The molecule has 4 heteroatoms. The van der Waals surface area contributed by atoms with E-state index in [1.807, 2.05) is 10.6 Å². The maximum absolute atomic E-state index is 8.88. The molecular formula is C14H14BrN3. The molecule has 0 fully saturated rings. The van der Waals surface area contributed by atoms with E-state index in [1.54, 1.807) is 12.3 Å². The minimum atomic E-state index is 0.479. The Morgan fingerprint density at radius 2 is 2.06 bits per heavy atom. The third-order valence-corrected chi connectivity index (χ3v) is 3.51. The van der Waals surface area contributed by atoms with Crippen LogP contribution in [0.3, 0.4) is 0 Å². The Bertz CT molecular complexity index is 620. The van der Waals surface area contributed by atoms with Crippen LogP contribution in [0.25, 0.3) is 5.69 Å². The molecular weight excluding hydrogens is 290 g/mol. The van der Waals surface area contributed by atoms with E-state index in [4.69, 9.17) is 11.0 Å². The van der Waals surface area contributed by atoms with E-state index in [9.17, 15) is 0 Å². The van der Waals surface area contributed by atoms with Gasteiger partial charge in [-0.25, -0.2) is 0 Å². The summed E-state index contributed by atoms with van der Waals surface area (Å²) in [4.78, 5) is 0. The van der Waals surface area contributed by atoms with Crippen LogP contribution in [-0.2, 0) is 0 Å². The summed E-state index contributed by atoms with van der Waals surface area (Å²) in [6.45, 7) is 4.30. The van der Waals surface area contributed by atoms with Crippen LogP contribution in [0.1, 0.15) is 30.9 Å². The maximum atomic E-state index is 8.88. The van der Waals surface area contributed by atoms with Crippen LogP contribution in [0.5, 0.6) is 0 Å². The van der Waals surface area contributed by atoms with Crippen molar-refractivity contribution >= 4 is 21.7 Å². The topological polar surface area (TPSA) is 54.7 Å². The molecule has 3 nitrogen and oxygen atoms in total. The summed E-state index contributed by atoms with van der Waals surface area (Å²) in [5, 5.41) is 8.88. The highest BCUT2D eigenvalue weighted by molar-refractivity contribution is 9.10. The van der Waals surface area contributed by atoms with Gasteiger partial charge in [-0.05, 0) is 45.6 Å². The fourth-order valence-corrected chi connectivity index (χ4v) is 2.41. The summed E-state index contributed by atoms with van der Waals surface area (Å²) >= 11 is 3.56. The van der Waals surface area contributed by atoms with Crippen LogP contribution in [0, 0.1) is 11.3 Å². The normalized spacial score (nSPS) is 10.6. The zero-order valence-electron chi connectivity index (χ0n) is 10.3. The first kappa shape index (κ1) is 12.7. The molecule has 0 aliphatic heterocycles. The van der Waals surface area contributed by atoms with Gasteiger partial charge in [0.2, 0.25) is 0 Å². The van der Waals surface area contributed by atoms with E-state index in [-0.39, 0.29) is 0 Å². The number of nitriles is 1. The molecule has 0 radical (unpaired) electrons. The smallest absolute Gasteiger partial charge is 0.109 e. The number of nitrogens with zero attached hydrogens (tertiary/aromatic N) is 2. The summed E-state index contributed by atoms with van der Waals surface area (Å²) in [6, 6.07) is 9.94. The molecule has 0 spiro atoms. The van der Waals surface area contributed by atoms with Gasteiger partial charge in [0.25, 0.3) is 0 Å². The Kier molecular flexibility index (Phi) is 3.44. The summed E-state index contributed by atoms with van der Waals surface area (Å²) in [5.41, 5.74) is 8.67. The van der Waals surface area contributed by atoms with Crippen molar-refractivity contribution in [1.82, 2.24) is 4.57 Å². The largest absolute Gasteiger partial charge is 0.385 e. The predicted molar refractivity (Wildman–Crippen MR) is 76.7 cm³/mol. The van der Waals surface area contributed by atoms with Gasteiger partial charge in [0.15, 0.2) is 0 Å². The van der Waals surface area contributed by atoms with E-state index < -0.39 is 0 Å². The number of nitrogen functional groups attached to an aromatic ring is 1. The zero-order chi connectivity index (χ0) is 13.3. The van der Waals surface area contributed by atoms with Gasteiger partial charge in [-0.1, -0.05) is 19.9 Å². The molecule has 18 heavy (non-hydrogen) atoms. The van der Waals surface area contributed by atoms with Gasteiger partial charge in [-0.2, -0.15) is 5.26 Å². The second-order valence-corrected chi connectivity index (χ2v) is 5.36.